The SMILES string of the molecule is CCNC(=NCc1ccc(OCC)c(C)c1)NCC(C)(O)c1cccs1. The second-order valence-electron chi connectivity index (χ2n) is 6.33. The van der Waals surface area contributed by atoms with E-state index in [-0.39, 0.29) is 0 Å². The lowest BCUT2D eigenvalue weighted by Gasteiger charge is -2.23. The molecule has 0 aliphatic heterocycles. The lowest BCUT2D eigenvalue weighted by atomic mass is 10.1. The Morgan fingerprint density at radius 1 is 1.27 bits per heavy atom. The smallest absolute Gasteiger partial charge is 0.191 e. The number of aryl methyl sites for hydroxylation is 1. The molecule has 1 aromatic carbocycles. The first-order valence-electron chi connectivity index (χ1n) is 8.97. The average Bonchev–Trinajstić information content (AvgIpc) is 3.15. The number of benzene rings is 1. The summed E-state index contributed by atoms with van der Waals surface area (Å²) in [6.45, 7) is 10.2. The van der Waals surface area contributed by atoms with Crippen molar-refractivity contribution >= 4 is 17.3 Å². The average molecular weight is 376 g/mol. The minimum absolute atomic E-state index is 0.391. The summed E-state index contributed by atoms with van der Waals surface area (Å²) in [6.07, 6.45) is 0. The third kappa shape index (κ3) is 5.75. The van der Waals surface area contributed by atoms with Crippen LogP contribution < -0.4 is 15.4 Å². The van der Waals surface area contributed by atoms with Crippen LogP contribution in [0.3, 0.4) is 0 Å². The van der Waals surface area contributed by atoms with E-state index in [0.717, 1.165) is 28.3 Å². The molecule has 1 heterocycles. The maximum absolute atomic E-state index is 10.6. The number of ether oxygens (including phenoxy) is 1. The van der Waals surface area contributed by atoms with Crippen molar-refractivity contribution in [1.29, 1.82) is 0 Å². The Balaban J connectivity index is 2.01. The van der Waals surface area contributed by atoms with Crippen molar-refractivity contribution in [2.45, 2.75) is 39.8 Å². The van der Waals surface area contributed by atoms with Gasteiger partial charge in [-0.1, -0.05) is 18.2 Å². The normalized spacial score (nSPS) is 14.0. The van der Waals surface area contributed by atoms with Crippen molar-refractivity contribution in [3.05, 3.63) is 51.7 Å². The monoisotopic (exact) mass is 375 g/mol. The molecule has 2 aromatic rings. The summed E-state index contributed by atoms with van der Waals surface area (Å²) in [5.74, 6) is 1.60. The van der Waals surface area contributed by atoms with Crippen LogP contribution in [-0.2, 0) is 12.1 Å². The number of rotatable bonds is 8. The molecule has 0 fully saturated rings. The number of aliphatic hydroxyl groups is 1. The quantitative estimate of drug-likeness (QED) is 0.489. The molecule has 5 nitrogen and oxygen atoms in total. The highest BCUT2D eigenvalue weighted by molar-refractivity contribution is 7.10. The first-order valence-corrected chi connectivity index (χ1v) is 9.85. The largest absolute Gasteiger partial charge is 0.494 e. The van der Waals surface area contributed by atoms with Gasteiger partial charge in [0.1, 0.15) is 11.4 Å². The van der Waals surface area contributed by atoms with Crippen molar-refractivity contribution in [2.75, 3.05) is 19.7 Å². The second kappa shape index (κ2) is 9.59. The van der Waals surface area contributed by atoms with E-state index in [0.29, 0.717) is 25.7 Å². The molecule has 1 aromatic heterocycles. The zero-order valence-electron chi connectivity index (χ0n) is 16.0. The van der Waals surface area contributed by atoms with Crippen molar-refractivity contribution in [3.8, 4) is 5.75 Å². The molecule has 0 aliphatic carbocycles. The van der Waals surface area contributed by atoms with Gasteiger partial charge in [0, 0.05) is 11.4 Å². The molecule has 0 aliphatic rings. The number of guanidine groups is 1. The van der Waals surface area contributed by atoms with Gasteiger partial charge in [0.05, 0.1) is 19.7 Å². The molecule has 1 atom stereocenters. The van der Waals surface area contributed by atoms with E-state index >= 15 is 0 Å². The fraction of sp³-hybridized carbons (Fsp3) is 0.450. The molecule has 0 amide bonds. The molecule has 3 N–H and O–H groups in total. The van der Waals surface area contributed by atoms with Crippen molar-refractivity contribution in [2.24, 2.45) is 4.99 Å². The highest BCUT2D eigenvalue weighted by atomic mass is 32.1. The number of thiophene rings is 1. The van der Waals surface area contributed by atoms with Crippen LogP contribution in [0, 0.1) is 6.92 Å². The van der Waals surface area contributed by atoms with E-state index in [2.05, 4.69) is 21.7 Å². The third-order valence-corrected chi connectivity index (χ3v) is 5.08. The van der Waals surface area contributed by atoms with Gasteiger partial charge in [-0.25, -0.2) is 4.99 Å². The fourth-order valence-corrected chi connectivity index (χ4v) is 3.35. The molecule has 0 bridgehead atoms. The van der Waals surface area contributed by atoms with Crippen LogP contribution in [-0.4, -0.2) is 30.8 Å². The fourth-order valence-electron chi connectivity index (χ4n) is 2.57. The maximum atomic E-state index is 10.6. The standard InChI is InChI=1S/C20H29N3O2S/c1-5-21-19(23-14-20(4,24)18-8-7-11-26-18)22-13-16-9-10-17(25-6-2)15(3)12-16/h7-12,24H,5-6,13-14H2,1-4H3,(H2,21,22,23). The van der Waals surface area contributed by atoms with Gasteiger partial charge in [0.25, 0.3) is 0 Å². The molecule has 0 spiro atoms. The van der Waals surface area contributed by atoms with Crippen LogP contribution in [0.2, 0.25) is 0 Å². The van der Waals surface area contributed by atoms with E-state index in [1.54, 1.807) is 11.3 Å². The topological polar surface area (TPSA) is 65.9 Å². The zero-order valence-corrected chi connectivity index (χ0v) is 16.8. The lowest BCUT2D eigenvalue weighted by molar-refractivity contribution is 0.0655. The highest BCUT2D eigenvalue weighted by Crippen LogP contribution is 2.24. The molecular formula is C20H29N3O2S. The van der Waals surface area contributed by atoms with Gasteiger partial charge in [0.15, 0.2) is 5.96 Å². The van der Waals surface area contributed by atoms with Gasteiger partial charge >= 0.3 is 0 Å². The Morgan fingerprint density at radius 3 is 2.69 bits per heavy atom. The third-order valence-electron chi connectivity index (χ3n) is 3.96. The van der Waals surface area contributed by atoms with Crippen molar-refractivity contribution < 1.29 is 9.84 Å². The van der Waals surface area contributed by atoms with Crippen molar-refractivity contribution in [1.82, 2.24) is 10.6 Å². The minimum Gasteiger partial charge on any atom is -0.494 e. The Bertz CT molecular complexity index is 712. The summed E-state index contributed by atoms with van der Waals surface area (Å²) in [6, 6.07) is 10.0. The number of aliphatic imine (C=N–C) groups is 1. The zero-order chi connectivity index (χ0) is 19.0. The number of nitrogens with one attached hydrogen (secondary N) is 2. The molecular weight excluding hydrogens is 346 g/mol. The van der Waals surface area contributed by atoms with E-state index < -0.39 is 5.60 Å². The highest BCUT2D eigenvalue weighted by Gasteiger charge is 2.24. The van der Waals surface area contributed by atoms with Crippen LogP contribution >= 0.6 is 11.3 Å². The predicted octanol–water partition coefficient (Wildman–Crippen LogP) is 3.42. The second-order valence-corrected chi connectivity index (χ2v) is 7.28. The summed E-state index contributed by atoms with van der Waals surface area (Å²) in [5.41, 5.74) is 1.30. The van der Waals surface area contributed by atoms with Crippen LogP contribution in [0.15, 0.2) is 40.7 Å². The Hall–Kier alpha value is -2.05. The van der Waals surface area contributed by atoms with Gasteiger partial charge in [0.2, 0.25) is 0 Å². The van der Waals surface area contributed by atoms with Gasteiger partial charge < -0.3 is 20.5 Å². The van der Waals surface area contributed by atoms with E-state index in [1.807, 2.05) is 57.3 Å². The molecule has 0 saturated carbocycles. The molecule has 0 saturated heterocycles. The van der Waals surface area contributed by atoms with Gasteiger partial charge in [-0.3, -0.25) is 0 Å². The first kappa shape index (κ1) is 20.3. The number of hydrogen-bond donors (Lipinski definition) is 3. The Morgan fingerprint density at radius 2 is 2.08 bits per heavy atom. The molecule has 6 heteroatoms. The predicted molar refractivity (Wildman–Crippen MR) is 109 cm³/mol. The van der Waals surface area contributed by atoms with Crippen LogP contribution in [0.4, 0.5) is 0 Å². The van der Waals surface area contributed by atoms with Gasteiger partial charge in [-0.15, -0.1) is 11.3 Å². The van der Waals surface area contributed by atoms with Crippen LogP contribution in [0.1, 0.15) is 36.8 Å². The molecule has 26 heavy (non-hydrogen) atoms. The minimum atomic E-state index is -0.930. The van der Waals surface area contributed by atoms with E-state index in [9.17, 15) is 5.11 Å². The van der Waals surface area contributed by atoms with Gasteiger partial charge in [-0.2, -0.15) is 0 Å². The Kier molecular flexibility index (Phi) is 7.48. The lowest BCUT2D eigenvalue weighted by Crippen LogP contribution is -2.44. The summed E-state index contributed by atoms with van der Waals surface area (Å²) < 4.78 is 5.58. The summed E-state index contributed by atoms with van der Waals surface area (Å²) in [4.78, 5) is 5.56. The molecule has 2 rings (SSSR count). The number of hydrogen-bond acceptors (Lipinski definition) is 4. The van der Waals surface area contributed by atoms with E-state index in [1.165, 1.54) is 0 Å². The maximum Gasteiger partial charge on any atom is 0.191 e. The summed E-state index contributed by atoms with van der Waals surface area (Å²) in [5, 5.41) is 19.1. The molecule has 1 unspecified atom stereocenters. The molecule has 142 valence electrons. The first-order chi connectivity index (χ1) is 12.5. The summed E-state index contributed by atoms with van der Waals surface area (Å²) in [7, 11) is 0. The van der Waals surface area contributed by atoms with E-state index in [4.69, 9.17) is 4.74 Å². The van der Waals surface area contributed by atoms with Crippen LogP contribution in [0.25, 0.3) is 0 Å². The van der Waals surface area contributed by atoms with Crippen molar-refractivity contribution in [3.63, 3.8) is 0 Å². The summed E-state index contributed by atoms with van der Waals surface area (Å²) >= 11 is 1.55. The number of nitrogens with zero attached hydrogens (tertiary/aromatic N) is 1. The Labute approximate surface area is 160 Å². The molecule has 0 radical (unpaired) electrons. The van der Waals surface area contributed by atoms with Gasteiger partial charge in [-0.05, 0) is 56.3 Å². The van der Waals surface area contributed by atoms with Crippen LogP contribution in [0.5, 0.6) is 5.75 Å².